The fraction of sp³-hybridized carbons (Fsp3) is 0.368. The Balaban J connectivity index is 1.78. The number of benzene rings is 2. The zero-order valence-electron chi connectivity index (χ0n) is 12.8. The summed E-state index contributed by atoms with van der Waals surface area (Å²) in [5, 5.41) is 0.538. The fourth-order valence-corrected chi connectivity index (χ4v) is 4.31. The van der Waals surface area contributed by atoms with Crippen LogP contribution in [0.5, 0.6) is 0 Å². The van der Waals surface area contributed by atoms with E-state index in [9.17, 15) is 0 Å². The molecule has 21 heavy (non-hydrogen) atoms. The van der Waals surface area contributed by atoms with Gasteiger partial charge < -0.3 is 0 Å². The number of nitrogens with zero attached hydrogens (tertiary/aromatic N) is 1. The van der Waals surface area contributed by atoms with Crippen molar-refractivity contribution in [3.05, 3.63) is 71.3 Å². The molecule has 2 heteroatoms. The van der Waals surface area contributed by atoms with E-state index < -0.39 is 0 Å². The van der Waals surface area contributed by atoms with Crippen molar-refractivity contribution in [1.29, 1.82) is 0 Å². The van der Waals surface area contributed by atoms with Gasteiger partial charge in [-0.05, 0) is 36.3 Å². The first-order chi connectivity index (χ1) is 10.3. The zero-order valence-corrected chi connectivity index (χ0v) is 13.6. The second-order valence-corrected chi connectivity index (χ2v) is 6.78. The molecular formula is C19H23NS. The number of thioether (sulfide) groups is 1. The van der Waals surface area contributed by atoms with Crippen LogP contribution in [0.25, 0.3) is 0 Å². The molecule has 0 aromatic heterocycles. The highest BCUT2D eigenvalue weighted by atomic mass is 32.2. The van der Waals surface area contributed by atoms with Gasteiger partial charge in [-0.3, -0.25) is 4.90 Å². The lowest BCUT2D eigenvalue weighted by Crippen LogP contribution is -2.40. The molecule has 1 aliphatic rings. The molecule has 0 bridgehead atoms. The summed E-state index contributed by atoms with van der Waals surface area (Å²) in [6.45, 7) is 4.63. The molecule has 0 saturated heterocycles. The van der Waals surface area contributed by atoms with Gasteiger partial charge in [-0.1, -0.05) is 54.6 Å². The van der Waals surface area contributed by atoms with Gasteiger partial charge in [-0.25, -0.2) is 0 Å². The van der Waals surface area contributed by atoms with E-state index in [0.29, 0.717) is 11.3 Å². The molecule has 0 aliphatic carbocycles. The van der Waals surface area contributed by atoms with Gasteiger partial charge in [0.2, 0.25) is 0 Å². The van der Waals surface area contributed by atoms with E-state index in [2.05, 4.69) is 72.7 Å². The van der Waals surface area contributed by atoms with Crippen molar-refractivity contribution >= 4 is 11.8 Å². The van der Waals surface area contributed by atoms with E-state index >= 15 is 0 Å². The summed E-state index contributed by atoms with van der Waals surface area (Å²) < 4.78 is 0. The Kier molecular flexibility index (Phi) is 4.67. The third-order valence-corrected chi connectivity index (χ3v) is 5.73. The number of hydrogen-bond acceptors (Lipinski definition) is 2. The van der Waals surface area contributed by atoms with Crippen LogP contribution >= 0.6 is 11.8 Å². The average Bonchev–Trinajstić information content (AvgIpc) is 2.56. The molecule has 110 valence electrons. The van der Waals surface area contributed by atoms with Crippen LogP contribution in [0.3, 0.4) is 0 Å². The van der Waals surface area contributed by atoms with Crippen LogP contribution in [-0.2, 0) is 13.0 Å². The summed E-state index contributed by atoms with van der Waals surface area (Å²) in [5.41, 5.74) is 4.47. The Morgan fingerprint density at radius 3 is 2.33 bits per heavy atom. The van der Waals surface area contributed by atoms with Crippen LogP contribution in [0.2, 0.25) is 0 Å². The number of fused-ring (bicyclic) bond motifs is 1. The molecule has 3 rings (SSSR count). The smallest absolute Gasteiger partial charge is 0.0447 e. The average molecular weight is 297 g/mol. The van der Waals surface area contributed by atoms with Gasteiger partial charge >= 0.3 is 0 Å². The van der Waals surface area contributed by atoms with Crippen LogP contribution < -0.4 is 0 Å². The maximum absolute atomic E-state index is 2.64. The Morgan fingerprint density at radius 2 is 1.62 bits per heavy atom. The molecule has 2 aromatic carbocycles. The molecule has 0 amide bonds. The molecule has 1 nitrogen and oxygen atoms in total. The molecule has 0 radical (unpaired) electrons. The second kappa shape index (κ2) is 6.67. The predicted octanol–water partition coefficient (Wildman–Crippen LogP) is 4.54. The summed E-state index contributed by atoms with van der Waals surface area (Å²) in [6, 6.07) is 20.4. The minimum atomic E-state index is 0.538. The lowest BCUT2D eigenvalue weighted by Gasteiger charge is -2.37. The van der Waals surface area contributed by atoms with Gasteiger partial charge in [0.05, 0.1) is 0 Å². The Bertz CT molecular complexity index is 581. The van der Waals surface area contributed by atoms with Crippen molar-refractivity contribution in [2.75, 3.05) is 12.8 Å². The Labute approximate surface area is 132 Å². The number of hydrogen-bond donors (Lipinski definition) is 0. The van der Waals surface area contributed by atoms with Gasteiger partial charge in [-0.2, -0.15) is 11.8 Å². The fourth-order valence-electron chi connectivity index (χ4n) is 3.31. The zero-order chi connectivity index (χ0) is 14.7. The van der Waals surface area contributed by atoms with E-state index in [1.165, 1.54) is 29.7 Å². The normalized spacial score (nSPS) is 18.0. The predicted molar refractivity (Wildman–Crippen MR) is 92.7 cm³/mol. The lowest BCUT2D eigenvalue weighted by molar-refractivity contribution is 0.187. The van der Waals surface area contributed by atoms with E-state index in [1.807, 2.05) is 11.8 Å². The van der Waals surface area contributed by atoms with Crippen molar-refractivity contribution in [1.82, 2.24) is 4.90 Å². The molecule has 0 saturated carbocycles. The van der Waals surface area contributed by atoms with Crippen LogP contribution in [0, 0.1) is 0 Å². The van der Waals surface area contributed by atoms with Crippen molar-refractivity contribution in [3.63, 3.8) is 0 Å². The first kappa shape index (κ1) is 14.7. The molecule has 2 aromatic rings. The minimum absolute atomic E-state index is 0.538. The molecule has 0 fully saturated rings. The van der Waals surface area contributed by atoms with Crippen LogP contribution in [0.4, 0.5) is 0 Å². The van der Waals surface area contributed by atoms with Crippen molar-refractivity contribution in [2.24, 2.45) is 0 Å². The minimum Gasteiger partial charge on any atom is -0.295 e. The van der Waals surface area contributed by atoms with Gasteiger partial charge in [0.25, 0.3) is 0 Å². The Hall–Kier alpha value is -1.25. The van der Waals surface area contributed by atoms with E-state index in [4.69, 9.17) is 0 Å². The monoisotopic (exact) mass is 297 g/mol. The molecule has 1 heterocycles. The molecule has 0 N–H and O–H groups in total. The highest BCUT2D eigenvalue weighted by molar-refractivity contribution is 7.98. The molecule has 1 aliphatic heterocycles. The standard InChI is InChI=1S/C19H23NS/c1-15(19(21-2)17-9-4-3-5-10-17)20-13-12-16-8-6-7-11-18(16)14-20/h3-11,15,19H,12-14H2,1-2H3/t15-,19-/m1/s1. The third-order valence-electron chi connectivity index (χ3n) is 4.56. The summed E-state index contributed by atoms with van der Waals surface area (Å²) >= 11 is 1.96. The number of rotatable bonds is 4. The van der Waals surface area contributed by atoms with E-state index in [-0.39, 0.29) is 0 Å². The molecular weight excluding hydrogens is 274 g/mol. The van der Waals surface area contributed by atoms with Crippen molar-refractivity contribution in [2.45, 2.75) is 31.2 Å². The summed E-state index contributed by atoms with van der Waals surface area (Å²) in [7, 11) is 0. The molecule has 0 spiro atoms. The maximum Gasteiger partial charge on any atom is 0.0447 e. The summed E-state index contributed by atoms with van der Waals surface area (Å²) in [5.74, 6) is 0. The maximum atomic E-state index is 2.64. The molecule has 0 unspecified atom stereocenters. The van der Waals surface area contributed by atoms with Gasteiger partial charge in [0.1, 0.15) is 0 Å². The molecule has 2 atom stereocenters. The third kappa shape index (κ3) is 3.17. The quantitative estimate of drug-likeness (QED) is 0.815. The lowest BCUT2D eigenvalue weighted by atomic mass is 9.97. The highest BCUT2D eigenvalue weighted by Gasteiger charge is 2.27. The van der Waals surface area contributed by atoms with E-state index in [1.54, 1.807) is 0 Å². The van der Waals surface area contributed by atoms with Crippen LogP contribution in [-0.4, -0.2) is 23.7 Å². The van der Waals surface area contributed by atoms with Crippen LogP contribution in [0.1, 0.15) is 28.9 Å². The largest absolute Gasteiger partial charge is 0.295 e. The van der Waals surface area contributed by atoms with Crippen molar-refractivity contribution in [3.8, 4) is 0 Å². The summed E-state index contributed by atoms with van der Waals surface area (Å²) in [6.07, 6.45) is 3.41. The SMILES string of the molecule is CS[C@@H](c1ccccc1)[C@@H](C)N1CCc2ccccc2C1. The topological polar surface area (TPSA) is 3.24 Å². The Morgan fingerprint density at radius 1 is 0.952 bits per heavy atom. The first-order valence-electron chi connectivity index (χ1n) is 7.68. The summed E-state index contributed by atoms with van der Waals surface area (Å²) in [4.78, 5) is 2.64. The van der Waals surface area contributed by atoms with Gasteiger partial charge in [0, 0.05) is 24.4 Å². The van der Waals surface area contributed by atoms with Gasteiger partial charge in [-0.15, -0.1) is 0 Å². The van der Waals surface area contributed by atoms with E-state index in [0.717, 1.165) is 6.54 Å². The van der Waals surface area contributed by atoms with Crippen LogP contribution in [0.15, 0.2) is 54.6 Å². The second-order valence-electron chi connectivity index (χ2n) is 5.80. The highest BCUT2D eigenvalue weighted by Crippen LogP contribution is 2.34. The van der Waals surface area contributed by atoms with Crippen molar-refractivity contribution < 1.29 is 0 Å². The van der Waals surface area contributed by atoms with Gasteiger partial charge in [0.15, 0.2) is 0 Å². The first-order valence-corrected chi connectivity index (χ1v) is 8.97.